The normalized spacial score (nSPS) is 32.7. The average Bonchev–Trinajstić information content (AvgIpc) is 3.11. The van der Waals surface area contributed by atoms with Gasteiger partial charge in [-0.1, -0.05) is 26.7 Å². The molecule has 0 aliphatic heterocycles. The highest BCUT2D eigenvalue weighted by Gasteiger charge is 2.28. The summed E-state index contributed by atoms with van der Waals surface area (Å²) >= 11 is 0. The molecule has 2 aliphatic rings. The van der Waals surface area contributed by atoms with Crippen LogP contribution in [0.2, 0.25) is 0 Å². The molecule has 0 bridgehead atoms. The first kappa shape index (κ1) is 12.2. The van der Waals surface area contributed by atoms with Crippen LogP contribution in [0, 0.1) is 11.8 Å². The lowest BCUT2D eigenvalue weighted by molar-refractivity contribution is 0.205. The van der Waals surface area contributed by atoms with Crippen molar-refractivity contribution in [2.24, 2.45) is 11.8 Å². The second kappa shape index (κ2) is 5.04. The van der Waals surface area contributed by atoms with Crippen LogP contribution in [0.25, 0.3) is 0 Å². The van der Waals surface area contributed by atoms with Crippen LogP contribution < -0.4 is 5.32 Å². The van der Waals surface area contributed by atoms with Gasteiger partial charge in [0.1, 0.15) is 0 Å². The second-order valence-electron chi connectivity index (χ2n) is 6.28. The largest absolute Gasteiger partial charge is 0.330 e. The molecule has 3 nitrogen and oxygen atoms in total. The molecule has 0 saturated heterocycles. The summed E-state index contributed by atoms with van der Waals surface area (Å²) in [4.78, 5) is 4.30. The highest BCUT2D eigenvalue weighted by molar-refractivity contribution is 5.03. The first-order valence-electron chi connectivity index (χ1n) is 7.50. The Balaban J connectivity index is 1.58. The third-order valence-corrected chi connectivity index (χ3v) is 4.94. The Kier molecular flexibility index (Phi) is 3.42. The number of nitrogens with zero attached hydrogens (tertiary/aromatic N) is 2. The Labute approximate surface area is 110 Å². The molecule has 18 heavy (non-hydrogen) atoms. The molecule has 100 valence electrons. The van der Waals surface area contributed by atoms with E-state index in [1.54, 1.807) is 0 Å². The summed E-state index contributed by atoms with van der Waals surface area (Å²) in [6, 6.07) is 1.43. The van der Waals surface area contributed by atoms with Gasteiger partial charge < -0.3 is 9.88 Å². The lowest BCUT2D eigenvalue weighted by Gasteiger charge is -2.34. The van der Waals surface area contributed by atoms with Gasteiger partial charge in [0.25, 0.3) is 0 Å². The van der Waals surface area contributed by atoms with Gasteiger partial charge in [0.2, 0.25) is 0 Å². The zero-order chi connectivity index (χ0) is 12.5. The molecule has 0 aromatic carbocycles. The van der Waals surface area contributed by atoms with Crippen molar-refractivity contribution < 1.29 is 0 Å². The number of hydrogen-bond donors (Lipinski definition) is 1. The van der Waals surface area contributed by atoms with E-state index in [2.05, 4.69) is 28.7 Å². The number of rotatable bonds is 4. The van der Waals surface area contributed by atoms with Crippen molar-refractivity contribution in [2.45, 2.75) is 64.6 Å². The summed E-state index contributed by atoms with van der Waals surface area (Å²) in [6.07, 6.45) is 10.8. The molecule has 3 unspecified atom stereocenters. The molecule has 1 N–H and O–H groups in total. The van der Waals surface area contributed by atoms with Crippen LogP contribution in [0.1, 0.15) is 57.7 Å². The van der Waals surface area contributed by atoms with Gasteiger partial charge >= 0.3 is 0 Å². The fourth-order valence-corrected chi connectivity index (χ4v) is 3.26. The first-order chi connectivity index (χ1) is 8.75. The highest BCUT2D eigenvalue weighted by atomic mass is 15.1. The molecule has 3 heteroatoms. The predicted octanol–water partition coefficient (Wildman–Crippen LogP) is 3.13. The zero-order valence-electron chi connectivity index (χ0n) is 11.6. The monoisotopic (exact) mass is 247 g/mol. The Hall–Kier alpha value is -0.830. The van der Waals surface area contributed by atoms with Crippen LogP contribution in [0.15, 0.2) is 12.5 Å². The van der Waals surface area contributed by atoms with Gasteiger partial charge in [-0.2, -0.15) is 0 Å². The van der Waals surface area contributed by atoms with E-state index in [1.165, 1.54) is 37.8 Å². The van der Waals surface area contributed by atoms with Gasteiger partial charge in [-0.05, 0) is 31.1 Å². The zero-order valence-corrected chi connectivity index (χ0v) is 11.6. The van der Waals surface area contributed by atoms with E-state index in [0.717, 1.165) is 24.4 Å². The Bertz CT molecular complexity index is 394. The van der Waals surface area contributed by atoms with E-state index in [9.17, 15) is 0 Å². The quantitative estimate of drug-likeness (QED) is 0.886. The summed E-state index contributed by atoms with van der Waals surface area (Å²) in [5.74, 6) is 1.67. The lowest BCUT2D eigenvalue weighted by atomic mass is 9.78. The van der Waals surface area contributed by atoms with Crippen LogP contribution in [0.5, 0.6) is 0 Å². The molecule has 0 spiro atoms. The SMILES string of the molecule is CC1CCCC(NCc2cncn2C2CC2)C1C. The molecule has 0 amide bonds. The van der Waals surface area contributed by atoms with Crippen LogP contribution in [-0.2, 0) is 6.54 Å². The number of nitrogens with one attached hydrogen (secondary N) is 1. The molecule has 1 aromatic rings. The molecule has 1 heterocycles. The average molecular weight is 247 g/mol. The topological polar surface area (TPSA) is 29.9 Å². The van der Waals surface area contributed by atoms with E-state index in [1.807, 2.05) is 12.5 Å². The van der Waals surface area contributed by atoms with E-state index in [0.29, 0.717) is 6.04 Å². The third-order valence-electron chi connectivity index (χ3n) is 4.94. The van der Waals surface area contributed by atoms with Crippen molar-refractivity contribution >= 4 is 0 Å². The van der Waals surface area contributed by atoms with Gasteiger partial charge in [0, 0.05) is 24.8 Å². The summed E-state index contributed by atoms with van der Waals surface area (Å²) < 4.78 is 2.37. The Morgan fingerprint density at radius 2 is 2.11 bits per heavy atom. The Morgan fingerprint density at radius 3 is 2.89 bits per heavy atom. The summed E-state index contributed by atoms with van der Waals surface area (Å²) in [7, 11) is 0. The number of aromatic nitrogens is 2. The summed E-state index contributed by atoms with van der Waals surface area (Å²) in [5.41, 5.74) is 1.36. The Morgan fingerprint density at radius 1 is 1.28 bits per heavy atom. The number of hydrogen-bond acceptors (Lipinski definition) is 2. The van der Waals surface area contributed by atoms with Crippen molar-refractivity contribution in [3.8, 4) is 0 Å². The van der Waals surface area contributed by atoms with Gasteiger partial charge in [0.05, 0.1) is 12.0 Å². The lowest BCUT2D eigenvalue weighted by Crippen LogP contribution is -2.40. The van der Waals surface area contributed by atoms with Crippen molar-refractivity contribution in [3.05, 3.63) is 18.2 Å². The van der Waals surface area contributed by atoms with Crippen molar-refractivity contribution in [1.29, 1.82) is 0 Å². The smallest absolute Gasteiger partial charge is 0.0951 e. The van der Waals surface area contributed by atoms with Gasteiger partial charge in [-0.3, -0.25) is 0 Å². The molecule has 0 radical (unpaired) electrons. The first-order valence-corrected chi connectivity index (χ1v) is 7.50. The van der Waals surface area contributed by atoms with Crippen LogP contribution >= 0.6 is 0 Å². The van der Waals surface area contributed by atoms with E-state index in [4.69, 9.17) is 0 Å². The number of imidazole rings is 1. The molecule has 3 rings (SSSR count). The molecule has 2 aliphatic carbocycles. The molecular weight excluding hydrogens is 222 g/mol. The minimum Gasteiger partial charge on any atom is -0.330 e. The fraction of sp³-hybridized carbons (Fsp3) is 0.800. The van der Waals surface area contributed by atoms with Crippen LogP contribution in [0.4, 0.5) is 0 Å². The molecule has 1 aromatic heterocycles. The maximum Gasteiger partial charge on any atom is 0.0951 e. The molecular formula is C15H25N3. The van der Waals surface area contributed by atoms with Gasteiger partial charge in [-0.15, -0.1) is 0 Å². The summed E-state index contributed by atoms with van der Waals surface area (Å²) in [5, 5.41) is 3.77. The van der Waals surface area contributed by atoms with Gasteiger partial charge in [-0.25, -0.2) is 4.98 Å². The highest BCUT2D eigenvalue weighted by Crippen LogP contribution is 2.35. The van der Waals surface area contributed by atoms with Crippen molar-refractivity contribution in [3.63, 3.8) is 0 Å². The maximum atomic E-state index is 4.30. The predicted molar refractivity (Wildman–Crippen MR) is 73.3 cm³/mol. The fourth-order valence-electron chi connectivity index (χ4n) is 3.26. The van der Waals surface area contributed by atoms with E-state index in [-0.39, 0.29) is 0 Å². The van der Waals surface area contributed by atoms with Crippen molar-refractivity contribution in [2.75, 3.05) is 0 Å². The minimum absolute atomic E-state index is 0.691. The third kappa shape index (κ3) is 2.46. The van der Waals surface area contributed by atoms with Crippen molar-refractivity contribution in [1.82, 2.24) is 14.9 Å². The summed E-state index contributed by atoms with van der Waals surface area (Å²) in [6.45, 7) is 5.78. The van der Waals surface area contributed by atoms with Crippen LogP contribution in [0.3, 0.4) is 0 Å². The van der Waals surface area contributed by atoms with E-state index < -0.39 is 0 Å². The second-order valence-corrected chi connectivity index (χ2v) is 6.28. The molecule has 2 fully saturated rings. The minimum atomic E-state index is 0.691. The van der Waals surface area contributed by atoms with Gasteiger partial charge in [0.15, 0.2) is 0 Å². The standard InChI is InChI=1S/C15H25N3/c1-11-4-3-5-15(12(11)2)17-9-14-8-16-10-18(14)13-6-7-13/h8,10-13,15,17H,3-7,9H2,1-2H3. The molecule has 2 saturated carbocycles. The molecule has 3 atom stereocenters. The van der Waals surface area contributed by atoms with E-state index >= 15 is 0 Å². The maximum absolute atomic E-state index is 4.30. The van der Waals surface area contributed by atoms with Crippen LogP contribution in [-0.4, -0.2) is 15.6 Å².